The lowest BCUT2D eigenvalue weighted by atomic mass is 9.92. The summed E-state index contributed by atoms with van der Waals surface area (Å²) in [5.41, 5.74) is 5.86. The number of fused-ring (bicyclic) bond motifs is 1. The third-order valence-electron chi connectivity index (χ3n) is 6.37. The number of nitrogens with one attached hydrogen (secondary N) is 2. The summed E-state index contributed by atoms with van der Waals surface area (Å²) in [5, 5.41) is 14.9. The largest absolute Gasteiger partial charge is 0.355 e. The number of aromatic nitrogens is 3. The van der Waals surface area contributed by atoms with Gasteiger partial charge in [-0.3, -0.25) is 14.2 Å². The maximum Gasteiger partial charge on any atom is 0.327 e. The molecule has 3 heterocycles. The SMILES string of the molecule is C[C@@H]1CCN(C(=O)CC#N)C[C@@H]1N(C)c1ncnc2c1ccn2C(=O)NCC(=O)NCCCCN.Cl. The van der Waals surface area contributed by atoms with E-state index in [1.54, 1.807) is 17.2 Å². The molecule has 1 aliphatic heterocycles. The van der Waals surface area contributed by atoms with Crippen molar-refractivity contribution >= 4 is 47.1 Å². The Kier molecular flexibility index (Phi) is 10.9. The van der Waals surface area contributed by atoms with Crippen molar-refractivity contribution in [3.63, 3.8) is 0 Å². The van der Waals surface area contributed by atoms with Gasteiger partial charge in [-0.25, -0.2) is 14.8 Å². The van der Waals surface area contributed by atoms with Gasteiger partial charge in [-0.05, 0) is 37.8 Å². The standard InChI is InChI=1S/C23H33N9O3.ClH/c1-16-6-11-31(20(34)5-9-25)14-18(16)30(2)21-17-7-12-32(22(17)29-15-28-21)23(35)27-13-19(33)26-10-4-3-8-24;/h7,12,15-16,18H,3-6,8,10-11,13-14,24H2,1-2H3,(H,26,33)(H,27,35);1H/t16-,18+;/m1./s1. The second-order valence-corrected chi connectivity index (χ2v) is 8.74. The number of anilines is 1. The molecule has 0 saturated carbocycles. The number of likely N-dealkylation sites (N-methyl/N-ethyl adjacent to an activating group) is 1. The molecule has 0 radical (unpaired) electrons. The lowest BCUT2D eigenvalue weighted by molar-refractivity contribution is -0.131. The second kappa shape index (κ2) is 13.6. The van der Waals surface area contributed by atoms with E-state index in [4.69, 9.17) is 11.0 Å². The van der Waals surface area contributed by atoms with E-state index in [-0.39, 0.29) is 43.2 Å². The van der Waals surface area contributed by atoms with Gasteiger partial charge in [0.05, 0.1) is 24.0 Å². The van der Waals surface area contributed by atoms with Crippen molar-refractivity contribution in [2.24, 2.45) is 11.7 Å². The van der Waals surface area contributed by atoms with E-state index in [0.717, 1.165) is 19.3 Å². The number of amides is 3. The second-order valence-electron chi connectivity index (χ2n) is 8.74. The van der Waals surface area contributed by atoms with Gasteiger partial charge in [0.2, 0.25) is 11.8 Å². The van der Waals surface area contributed by atoms with Crippen molar-refractivity contribution in [1.29, 1.82) is 5.26 Å². The summed E-state index contributed by atoms with van der Waals surface area (Å²) < 4.78 is 1.35. The van der Waals surface area contributed by atoms with Crippen LogP contribution < -0.4 is 21.3 Å². The number of hydrogen-bond donors (Lipinski definition) is 3. The Labute approximate surface area is 216 Å². The molecule has 0 unspecified atom stereocenters. The number of likely N-dealkylation sites (tertiary alicyclic amines) is 1. The Balaban J connectivity index is 0.00000456. The van der Waals surface area contributed by atoms with Crippen LogP contribution in [0, 0.1) is 17.2 Å². The van der Waals surface area contributed by atoms with Crippen LogP contribution in [-0.2, 0) is 9.59 Å². The lowest BCUT2D eigenvalue weighted by Gasteiger charge is -2.42. The highest BCUT2D eigenvalue weighted by Gasteiger charge is 2.32. The molecule has 2 atom stereocenters. The fourth-order valence-electron chi connectivity index (χ4n) is 4.30. The zero-order valence-electron chi connectivity index (χ0n) is 20.6. The summed E-state index contributed by atoms with van der Waals surface area (Å²) in [6.45, 7) is 4.19. The topological polar surface area (TPSA) is 162 Å². The number of nitriles is 1. The molecule has 36 heavy (non-hydrogen) atoms. The third-order valence-corrected chi connectivity index (χ3v) is 6.37. The fraction of sp³-hybridized carbons (Fsp3) is 0.565. The van der Waals surface area contributed by atoms with Crippen molar-refractivity contribution in [1.82, 2.24) is 30.1 Å². The summed E-state index contributed by atoms with van der Waals surface area (Å²) >= 11 is 0. The Bertz CT molecular complexity index is 1100. The van der Waals surface area contributed by atoms with Crippen LogP contribution in [0.2, 0.25) is 0 Å². The number of piperidine rings is 1. The third kappa shape index (κ3) is 6.83. The summed E-state index contributed by atoms with van der Waals surface area (Å²) in [5.74, 6) is 0.496. The Morgan fingerprint density at radius 2 is 2.06 bits per heavy atom. The highest BCUT2D eigenvalue weighted by Crippen LogP contribution is 2.29. The number of carbonyl (C=O) groups excluding carboxylic acids is 3. The molecular formula is C23H34ClN9O3. The fourth-order valence-corrected chi connectivity index (χ4v) is 4.30. The van der Waals surface area contributed by atoms with Gasteiger partial charge in [0.25, 0.3) is 0 Å². The predicted molar refractivity (Wildman–Crippen MR) is 138 cm³/mol. The zero-order chi connectivity index (χ0) is 25.4. The first-order valence-corrected chi connectivity index (χ1v) is 11.8. The number of nitrogens with two attached hydrogens (primary N) is 1. The molecule has 12 nitrogen and oxygen atoms in total. The van der Waals surface area contributed by atoms with Crippen LogP contribution >= 0.6 is 12.4 Å². The summed E-state index contributed by atoms with van der Waals surface area (Å²) in [6.07, 6.45) is 5.29. The average Bonchev–Trinajstić information content (AvgIpc) is 3.29. The molecule has 2 aromatic heterocycles. The van der Waals surface area contributed by atoms with Crippen LogP contribution in [0.4, 0.5) is 10.6 Å². The molecular weight excluding hydrogens is 486 g/mol. The number of unbranched alkanes of at least 4 members (excludes halogenated alkanes) is 1. The first-order valence-electron chi connectivity index (χ1n) is 11.8. The molecule has 3 rings (SSSR count). The van der Waals surface area contributed by atoms with Crippen molar-refractivity contribution in [2.45, 2.75) is 38.6 Å². The van der Waals surface area contributed by atoms with Crippen LogP contribution in [0.1, 0.15) is 32.6 Å². The number of nitrogens with zero attached hydrogens (tertiary/aromatic N) is 6. The van der Waals surface area contributed by atoms with E-state index in [1.165, 1.54) is 10.9 Å². The van der Waals surface area contributed by atoms with Gasteiger partial charge in [-0.15, -0.1) is 12.4 Å². The van der Waals surface area contributed by atoms with Crippen LogP contribution in [-0.4, -0.2) is 83.1 Å². The quantitative estimate of drug-likeness (QED) is 0.410. The van der Waals surface area contributed by atoms with Crippen LogP contribution in [0.5, 0.6) is 0 Å². The first kappa shape index (κ1) is 28.8. The maximum atomic E-state index is 12.7. The maximum absolute atomic E-state index is 12.7. The Hall–Kier alpha value is -3.43. The van der Waals surface area contributed by atoms with Crippen LogP contribution in [0.25, 0.3) is 11.0 Å². The van der Waals surface area contributed by atoms with Gasteiger partial charge < -0.3 is 26.2 Å². The van der Waals surface area contributed by atoms with Crippen LogP contribution in [0.3, 0.4) is 0 Å². The molecule has 0 aliphatic carbocycles. The first-order chi connectivity index (χ1) is 16.9. The van der Waals surface area contributed by atoms with Gasteiger partial charge in [0.15, 0.2) is 5.65 Å². The Morgan fingerprint density at radius 1 is 1.28 bits per heavy atom. The lowest BCUT2D eigenvalue weighted by Crippen LogP contribution is -2.52. The monoisotopic (exact) mass is 519 g/mol. The van der Waals surface area contributed by atoms with E-state index in [2.05, 4.69) is 27.5 Å². The van der Waals surface area contributed by atoms with Crippen molar-refractivity contribution in [3.05, 3.63) is 18.6 Å². The molecule has 0 spiro atoms. The van der Waals surface area contributed by atoms with Crippen molar-refractivity contribution < 1.29 is 14.4 Å². The normalized spacial score (nSPS) is 17.1. The van der Waals surface area contributed by atoms with Gasteiger partial charge in [0.1, 0.15) is 18.6 Å². The Morgan fingerprint density at radius 3 is 2.78 bits per heavy atom. The van der Waals surface area contributed by atoms with E-state index in [0.29, 0.717) is 48.9 Å². The number of rotatable bonds is 9. The molecule has 13 heteroatoms. The molecule has 0 bridgehead atoms. The molecule has 196 valence electrons. The average molecular weight is 520 g/mol. The number of hydrogen-bond acceptors (Lipinski definition) is 8. The van der Waals surface area contributed by atoms with Gasteiger partial charge in [-0.2, -0.15) is 5.26 Å². The summed E-state index contributed by atoms with van der Waals surface area (Å²) in [6, 6.07) is 3.21. The highest BCUT2D eigenvalue weighted by atomic mass is 35.5. The van der Waals surface area contributed by atoms with Crippen LogP contribution in [0.15, 0.2) is 18.6 Å². The highest BCUT2D eigenvalue weighted by molar-refractivity contribution is 5.95. The van der Waals surface area contributed by atoms with Gasteiger partial charge in [-0.1, -0.05) is 6.92 Å². The van der Waals surface area contributed by atoms with Gasteiger partial charge >= 0.3 is 6.03 Å². The van der Waals surface area contributed by atoms with E-state index in [1.807, 2.05) is 18.0 Å². The van der Waals surface area contributed by atoms with E-state index in [9.17, 15) is 14.4 Å². The molecule has 3 amide bonds. The summed E-state index contributed by atoms with van der Waals surface area (Å²) in [4.78, 5) is 49.4. The zero-order valence-corrected chi connectivity index (χ0v) is 21.5. The molecule has 1 saturated heterocycles. The smallest absolute Gasteiger partial charge is 0.327 e. The minimum Gasteiger partial charge on any atom is -0.355 e. The molecule has 0 aromatic carbocycles. The molecule has 1 aliphatic rings. The summed E-state index contributed by atoms with van der Waals surface area (Å²) in [7, 11) is 1.91. The minimum atomic E-state index is -0.469. The molecule has 4 N–H and O–H groups in total. The number of carbonyl (C=O) groups is 3. The molecule has 2 aromatic rings. The van der Waals surface area contributed by atoms with Gasteiger partial charge in [0, 0.05) is 32.9 Å². The van der Waals surface area contributed by atoms with Crippen molar-refractivity contribution in [3.8, 4) is 6.07 Å². The molecule has 1 fully saturated rings. The van der Waals surface area contributed by atoms with E-state index < -0.39 is 6.03 Å². The number of halogens is 1. The van der Waals surface area contributed by atoms with E-state index >= 15 is 0 Å². The minimum absolute atomic E-state index is 0. The van der Waals surface area contributed by atoms with Crippen molar-refractivity contribution in [2.75, 3.05) is 44.7 Å². The predicted octanol–water partition coefficient (Wildman–Crippen LogP) is 0.853.